The Morgan fingerprint density at radius 1 is 0.643 bits per heavy atom. The number of nitrogens with zero attached hydrogens (tertiary/aromatic N) is 1. The van der Waals surface area contributed by atoms with Crippen LogP contribution in [0.15, 0.2) is 211 Å². The second kappa shape index (κ2) is 20.1. The fourth-order valence-electron chi connectivity index (χ4n) is 4.39. The molecule has 0 unspecified atom stereocenters. The molecular weight excluding hydrogens is 506 g/mol. The Balaban J connectivity index is 3.75. The summed E-state index contributed by atoms with van der Waals surface area (Å²) in [6, 6.07) is 10.2. The van der Waals surface area contributed by atoms with Gasteiger partial charge in [-0.2, -0.15) is 0 Å². The number of rotatable bonds is 16. The van der Waals surface area contributed by atoms with E-state index in [1.165, 1.54) is 0 Å². The van der Waals surface area contributed by atoms with Crippen LogP contribution in [0.1, 0.15) is 34.6 Å². The van der Waals surface area contributed by atoms with Gasteiger partial charge in [-0.1, -0.05) is 142 Å². The normalized spacial score (nSPS) is 14.5. The summed E-state index contributed by atoms with van der Waals surface area (Å²) in [6.45, 7) is 30.4. The molecule has 0 heterocycles. The van der Waals surface area contributed by atoms with Crippen molar-refractivity contribution in [3.8, 4) is 0 Å². The molecule has 0 saturated heterocycles. The van der Waals surface area contributed by atoms with Crippen LogP contribution in [-0.2, 0) is 0 Å². The van der Waals surface area contributed by atoms with Crippen LogP contribution in [0.4, 0.5) is 5.69 Å². The van der Waals surface area contributed by atoms with Gasteiger partial charge in [0.15, 0.2) is 0 Å². The molecular formula is C41H47N. The molecule has 42 heavy (non-hydrogen) atoms. The molecule has 0 saturated carbocycles. The van der Waals surface area contributed by atoms with E-state index in [1.54, 1.807) is 12.2 Å². The SMILES string of the molecule is C=CC=C(/C=C\C)/C(C)=C(/C=C\C=C)C(=C\C)\C(=C/C=C)C(\C=C/C(=C)N(/C(C)=C/C=C\C=C)c1ccccc1)=C\C. The highest BCUT2D eigenvalue weighted by Crippen LogP contribution is 2.33. The van der Waals surface area contributed by atoms with Crippen molar-refractivity contribution in [2.45, 2.75) is 34.6 Å². The summed E-state index contributed by atoms with van der Waals surface area (Å²) in [6.07, 6.45) is 33.9. The van der Waals surface area contributed by atoms with Gasteiger partial charge < -0.3 is 4.90 Å². The largest absolute Gasteiger partial charge is 0.315 e. The fraction of sp³-hybridized carbons (Fsp3) is 0.122. The van der Waals surface area contributed by atoms with Gasteiger partial charge in [-0.05, 0) is 92.3 Å². The fourth-order valence-corrected chi connectivity index (χ4v) is 4.39. The first-order valence-corrected chi connectivity index (χ1v) is 14.1. The Kier molecular flexibility index (Phi) is 16.8. The first-order valence-electron chi connectivity index (χ1n) is 14.1. The molecule has 0 aliphatic rings. The van der Waals surface area contributed by atoms with E-state index < -0.39 is 0 Å². The molecule has 0 bridgehead atoms. The molecule has 216 valence electrons. The predicted molar refractivity (Wildman–Crippen MR) is 191 cm³/mol. The minimum absolute atomic E-state index is 0.837. The molecule has 1 heteroatoms. The van der Waals surface area contributed by atoms with Gasteiger partial charge in [0.1, 0.15) is 0 Å². The topological polar surface area (TPSA) is 3.24 Å². The van der Waals surface area contributed by atoms with Crippen molar-refractivity contribution in [2.24, 2.45) is 0 Å². The van der Waals surface area contributed by atoms with E-state index >= 15 is 0 Å². The maximum absolute atomic E-state index is 4.44. The van der Waals surface area contributed by atoms with Gasteiger partial charge in [0, 0.05) is 17.1 Å². The first-order chi connectivity index (χ1) is 20.3. The highest BCUT2D eigenvalue weighted by atomic mass is 15.1. The Morgan fingerprint density at radius 2 is 1.31 bits per heavy atom. The summed E-state index contributed by atoms with van der Waals surface area (Å²) in [5, 5.41) is 0. The summed E-state index contributed by atoms with van der Waals surface area (Å²) in [7, 11) is 0. The minimum Gasteiger partial charge on any atom is -0.315 e. The van der Waals surface area contributed by atoms with E-state index in [4.69, 9.17) is 0 Å². The third kappa shape index (κ3) is 10.6. The van der Waals surface area contributed by atoms with Crippen molar-refractivity contribution < 1.29 is 0 Å². The van der Waals surface area contributed by atoms with Crippen LogP contribution in [0, 0.1) is 0 Å². The average molecular weight is 554 g/mol. The standard InChI is InChI=1S/C41H47N/c1-11-18-21-27-33(8)42(38-28-22-20-23-29-38)34(9)31-32-36(16-6)41(26-15-5)39(17-7)40(30-19-12-2)35(10)37(24-13-3)25-14-4/h11-32H,1-3,5,9H2,4,6-8,10H3/b21-18-,25-14-,30-19-,32-31-,33-27+,36-16+,37-24?,39-17-,40-35-,41-26-. The van der Waals surface area contributed by atoms with E-state index in [0.29, 0.717) is 0 Å². The van der Waals surface area contributed by atoms with Crippen LogP contribution in [-0.4, -0.2) is 0 Å². The van der Waals surface area contributed by atoms with E-state index in [0.717, 1.165) is 50.5 Å². The van der Waals surface area contributed by atoms with Gasteiger partial charge in [-0.15, -0.1) is 0 Å². The summed E-state index contributed by atoms with van der Waals surface area (Å²) in [5.74, 6) is 0. The van der Waals surface area contributed by atoms with Gasteiger partial charge in [-0.25, -0.2) is 0 Å². The summed E-state index contributed by atoms with van der Waals surface area (Å²) < 4.78 is 0. The zero-order chi connectivity index (χ0) is 31.3. The average Bonchev–Trinajstić information content (AvgIpc) is 2.99. The van der Waals surface area contributed by atoms with Gasteiger partial charge in [-0.3, -0.25) is 0 Å². The van der Waals surface area contributed by atoms with E-state index in [2.05, 4.69) is 119 Å². The molecule has 0 atom stereocenters. The summed E-state index contributed by atoms with van der Waals surface area (Å²) in [4.78, 5) is 2.14. The number of para-hydroxylation sites is 1. The number of hydrogen-bond donors (Lipinski definition) is 0. The van der Waals surface area contributed by atoms with Crippen molar-refractivity contribution in [2.75, 3.05) is 4.90 Å². The van der Waals surface area contributed by atoms with Crippen LogP contribution in [0.2, 0.25) is 0 Å². The maximum atomic E-state index is 4.44. The van der Waals surface area contributed by atoms with Crippen LogP contribution >= 0.6 is 0 Å². The van der Waals surface area contributed by atoms with E-state index in [1.807, 2.05) is 74.6 Å². The highest BCUT2D eigenvalue weighted by Gasteiger charge is 2.15. The lowest BCUT2D eigenvalue weighted by Crippen LogP contribution is -2.18. The quantitative estimate of drug-likeness (QED) is 0.184. The number of anilines is 1. The van der Waals surface area contributed by atoms with E-state index in [-0.39, 0.29) is 0 Å². The van der Waals surface area contributed by atoms with Crippen LogP contribution in [0.3, 0.4) is 0 Å². The Morgan fingerprint density at radius 3 is 1.86 bits per heavy atom. The summed E-state index contributed by atoms with van der Waals surface area (Å²) >= 11 is 0. The zero-order valence-corrected chi connectivity index (χ0v) is 26.2. The maximum Gasteiger partial charge on any atom is 0.0458 e. The van der Waals surface area contributed by atoms with Crippen molar-refractivity contribution in [3.63, 3.8) is 0 Å². The zero-order valence-electron chi connectivity index (χ0n) is 26.2. The molecule has 0 aliphatic carbocycles. The molecule has 1 aromatic rings. The molecule has 1 rings (SSSR count). The summed E-state index contributed by atoms with van der Waals surface area (Å²) in [5.41, 5.74) is 9.38. The lowest BCUT2D eigenvalue weighted by molar-refractivity contribution is 1.10. The molecule has 1 aromatic carbocycles. The van der Waals surface area contributed by atoms with Crippen molar-refractivity contribution in [1.82, 2.24) is 0 Å². The van der Waals surface area contributed by atoms with Crippen LogP contribution in [0.25, 0.3) is 0 Å². The third-order valence-corrected chi connectivity index (χ3v) is 6.35. The highest BCUT2D eigenvalue weighted by molar-refractivity contribution is 5.67. The molecule has 0 fully saturated rings. The van der Waals surface area contributed by atoms with Crippen LogP contribution < -0.4 is 4.90 Å². The molecule has 0 radical (unpaired) electrons. The number of hydrogen-bond acceptors (Lipinski definition) is 1. The Bertz CT molecular complexity index is 1420. The third-order valence-electron chi connectivity index (χ3n) is 6.35. The van der Waals surface area contributed by atoms with Gasteiger partial charge in [0.2, 0.25) is 0 Å². The second-order valence-corrected chi connectivity index (χ2v) is 9.18. The Hall–Kier alpha value is -4.88. The second-order valence-electron chi connectivity index (χ2n) is 9.18. The van der Waals surface area contributed by atoms with Crippen molar-refractivity contribution >= 4 is 5.69 Å². The molecule has 0 aliphatic heterocycles. The lowest BCUT2D eigenvalue weighted by atomic mass is 9.86. The smallest absolute Gasteiger partial charge is 0.0458 e. The number of allylic oxidation sites excluding steroid dienone is 24. The van der Waals surface area contributed by atoms with Gasteiger partial charge in [0.05, 0.1) is 0 Å². The first kappa shape index (κ1) is 35.1. The van der Waals surface area contributed by atoms with Crippen molar-refractivity contribution in [3.05, 3.63) is 211 Å². The monoisotopic (exact) mass is 553 g/mol. The molecule has 0 N–H and O–H groups in total. The lowest BCUT2D eigenvalue weighted by Gasteiger charge is -2.26. The minimum atomic E-state index is 0.837. The molecule has 0 aromatic heterocycles. The number of benzene rings is 1. The predicted octanol–water partition coefficient (Wildman–Crippen LogP) is 12.0. The van der Waals surface area contributed by atoms with Gasteiger partial charge >= 0.3 is 0 Å². The Labute approximate surface area is 256 Å². The van der Waals surface area contributed by atoms with Crippen molar-refractivity contribution in [1.29, 1.82) is 0 Å². The van der Waals surface area contributed by atoms with Crippen LogP contribution in [0.5, 0.6) is 0 Å². The van der Waals surface area contributed by atoms with E-state index in [9.17, 15) is 0 Å². The molecule has 0 spiro atoms. The molecule has 1 nitrogen and oxygen atoms in total. The molecule has 0 amide bonds. The van der Waals surface area contributed by atoms with Gasteiger partial charge in [0.25, 0.3) is 0 Å².